The minimum atomic E-state index is -0.774. The topological polar surface area (TPSA) is 66.8 Å². The Bertz CT molecular complexity index is 598. The highest BCUT2D eigenvalue weighted by Crippen LogP contribution is 2.36. The van der Waals surface area contributed by atoms with Crippen LogP contribution in [-0.4, -0.2) is 30.6 Å². The van der Waals surface area contributed by atoms with Crippen molar-refractivity contribution in [2.45, 2.75) is 32.1 Å². The summed E-state index contributed by atoms with van der Waals surface area (Å²) in [6.45, 7) is 0.676. The van der Waals surface area contributed by atoms with E-state index in [0.717, 1.165) is 36.3 Å². The highest BCUT2D eigenvalue weighted by atomic mass is 16.5. The van der Waals surface area contributed by atoms with Crippen molar-refractivity contribution in [3.8, 4) is 5.75 Å². The number of fused-ring (bicyclic) bond motifs is 1. The lowest BCUT2D eigenvalue weighted by Gasteiger charge is -2.29. The van der Waals surface area contributed by atoms with Crippen LogP contribution in [0.4, 0.5) is 5.69 Å². The molecular formula is C17H21NO4. The molecule has 0 radical (unpaired) electrons. The summed E-state index contributed by atoms with van der Waals surface area (Å²) in [4.78, 5) is 25.8. The molecule has 22 heavy (non-hydrogen) atoms. The molecule has 0 saturated heterocycles. The third kappa shape index (κ3) is 2.67. The van der Waals surface area contributed by atoms with E-state index >= 15 is 0 Å². The summed E-state index contributed by atoms with van der Waals surface area (Å²) in [7, 11) is 1.63. The van der Waals surface area contributed by atoms with Crippen LogP contribution in [0, 0.1) is 11.8 Å². The number of hydrogen-bond donors (Lipinski definition) is 1. The fourth-order valence-corrected chi connectivity index (χ4v) is 3.59. The van der Waals surface area contributed by atoms with Crippen LogP contribution in [0.1, 0.15) is 31.2 Å². The number of benzene rings is 1. The van der Waals surface area contributed by atoms with Gasteiger partial charge in [0.15, 0.2) is 0 Å². The molecule has 5 nitrogen and oxygen atoms in total. The van der Waals surface area contributed by atoms with Gasteiger partial charge in [0.2, 0.25) is 5.91 Å². The van der Waals surface area contributed by atoms with Crippen molar-refractivity contribution >= 4 is 17.6 Å². The van der Waals surface area contributed by atoms with Gasteiger partial charge in [0.1, 0.15) is 5.75 Å². The first kappa shape index (κ1) is 14.9. The van der Waals surface area contributed by atoms with Crippen LogP contribution >= 0.6 is 0 Å². The molecule has 0 aromatic heterocycles. The third-order valence-corrected chi connectivity index (χ3v) is 4.82. The number of rotatable bonds is 3. The second-order valence-electron chi connectivity index (χ2n) is 6.13. The van der Waals surface area contributed by atoms with E-state index in [2.05, 4.69) is 0 Å². The number of carbonyl (C=O) groups excluding carboxylic acids is 1. The fourth-order valence-electron chi connectivity index (χ4n) is 3.59. The van der Waals surface area contributed by atoms with Crippen molar-refractivity contribution in [3.05, 3.63) is 23.8 Å². The van der Waals surface area contributed by atoms with Crippen molar-refractivity contribution in [1.82, 2.24) is 0 Å². The Hall–Kier alpha value is -2.04. The average molecular weight is 303 g/mol. The van der Waals surface area contributed by atoms with Gasteiger partial charge in [0.25, 0.3) is 0 Å². The monoisotopic (exact) mass is 303 g/mol. The lowest BCUT2D eigenvalue weighted by molar-refractivity contribution is -0.143. The number of carboxylic acid groups (broad SMARTS) is 1. The molecule has 2 atom stereocenters. The lowest BCUT2D eigenvalue weighted by Crippen LogP contribution is -2.38. The van der Waals surface area contributed by atoms with E-state index in [4.69, 9.17) is 4.74 Å². The van der Waals surface area contributed by atoms with E-state index in [1.807, 2.05) is 23.1 Å². The molecule has 0 unspecified atom stereocenters. The first-order valence-electron chi connectivity index (χ1n) is 7.81. The maximum Gasteiger partial charge on any atom is 0.306 e. The second-order valence-corrected chi connectivity index (χ2v) is 6.13. The fraction of sp³-hybridized carbons (Fsp3) is 0.529. The largest absolute Gasteiger partial charge is 0.497 e. The highest BCUT2D eigenvalue weighted by Gasteiger charge is 2.35. The van der Waals surface area contributed by atoms with Crippen molar-refractivity contribution in [1.29, 1.82) is 0 Å². The summed E-state index contributed by atoms with van der Waals surface area (Å²) < 4.78 is 5.22. The molecule has 1 N–H and O–H groups in total. The maximum absolute atomic E-state index is 12.8. The van der Waals surface area contributed by atoms with Crippen LogP contribution in [0.15, 0.2) is 18.2 Å². The number of nitrogens with zero attached hydrogens (tertiary/aromatic N) is 1. The van der Waals surface area contributed by atoms with Crippen molar-refractivity contribution in [2.75, 3.05) is 18.6 Å². The van der Waals surface area contributed by atoms with E-state index in [-0.39, 0.29) is 17.7 Å². The van der Waals surface area contributed by atoms with Gasteiger partial charge in [0, 0.05) is 18.2 Å². The number of amides is 1. The van der Waals surface area contributed by atoms with Crippen LogP contribution in [0.5, 0.6) is 5.75 Å². The number of carboxylic acids is 1. The SMILES string of the molecule is COc1ccc2c(c1)CCN2C(=O)[C@H]1CCC[C@H](C(=O)O)C1. The van der Waals surface area contributed by atoms with Gasteiger partial charge < -0.3 is 14.7 Å². The van der Waals surface area contributed by atoms with Gasteiger partial charge in [-0.15, -0.1) is 0 Å². The van der Waals surface area contributed by atoms with Crippen LogP contribution in [0.3, 0.4) is 0 Å². The first-order valence-corrected chi connectivity index (χ1v) is 7.81. The number of methoxy groups -OCH3 is 1. The molecule has 1 aliphatic carbocycles. The summed E-state index contributed by atoms with van der Waals surface area (Å²) >= 11 is 0. The Balaban J connectivity index is 1.76. The smallest absolute Gasteiger partial charge is 0.306 e. The van der Waals surface area contributed by atoms with Crippen LogP contribution in [-0.2, 0) is 16.0 Å². The van der Waals surface area contributed by atoms with Crippen LogP contribution < -0.4 is 9.64 Å². The zero-order chi connectivity index (χ0) is 15.7. The van der Waals surface area contributed by atoms with Crippen LogP contribution in [0.2, 0.25) is 0 Å². The molecule has 0 spiro atoms. The summed E-state index contributed by atoms with van der Waals surface area (Å²) in [6, 6.07) is 5.77. The zero-order valence-electron chi connectivity index (χ0n) is 12.7. The van der Waals surface area contributed by atoms with Gasteiger partial charge in [-0.25, -0.2) is 0 Å². The zero-order valence-corrected chi connectivity index (χ0v) is 12.7. The Labute approximate surface area is 129 Å². The predicted octanol–water partition coefficient (Wildman–Crippen LogP) is 2.48. The minimum Gasteiger partial charge on any atom is -0.497 e. The molecule has 2 aliphatic rings. The third-order valence-electron chi connectivity index (χ3n) is 4.82. The van der Waals surface area contributed by atoms with E-state index in [1.54, 1.807) is 7.11 Å². The quantitative estimate of drug-likeness (QED) is 0.931. The van der Waals surface area contributed by atoms with Gasteiger partial charge in [-0.05, 0) is 49.4 Å². The standard InChI is InChI=1S/C17H21NO4/c1-22-14-5-6-15-11(10-14)7-8-18(15)16(19)12-3-2-4-13(9-12)17(20)21/h5-6,10,12-13H,2-4,7-9H2,1H3,(H,20,21)/t12-,13-/m0/s1. The van der Waals surface area contributed by atoms with E-state index < -0.39 is 5.97 Å². The van der Waals surface area contributed by atoms with Gasteiger partial charge in [-0.1, -0.05) is 6.42 Å². The second kappa shape index (κ2) is 5.99. The average Bonchev–Trinajstić information content (AvgIpc) is 2.97. The molecule has 1 saturated carbocycles. The number of ether oxygens (including phenoxy) is 1. The first-order chi connectivity index (χ1) is 10.6. The number of carbonyl (C=O) groups is 2. The van der Waals surface area contributed by atoms with Gasteiger partial charge in [-0.2, -0.15) is 0 Å². The Morgan fingerprint density at radius 3 is 2.77 bits per heavy atom. The molecule has 1 amide bonds. The number of anilines is 1. The molecule has 0 bridgehead atoms. The Kier molecular flexibility index (Phi) is 4.05. The number of aliphatic carboxylic acids is 1. The minimum absolute atomic E-state index is 0.0786. The van der Waals surface area contributed by atoms with E-state index in [0.29, 0.717) is 19.4 Å². The molecular weight excluding hydrogens is 282 g/mol. The highest BCUT2D eigenvalue weighted by molar-refractivity contribution is 5.97. The van der Waals surface area contributed by atoms with E-state index in [9.17, 15) is 14.7 Å². The predicted molar refractivity (Wildman–Crippen MR) is 82.1 cm³/mol. The van der Waals surface area contributed by atoms with Gasteiger partial charge in [0.05, 0.1) is 13.0 Å². The van der Waals surface area contributed by atoms with Crippen LogP contribution in [0.25, 0.3) is 0 Å². The Morgan fingerprint density at radius 1 is 1.27 bits per heavy atom. The molecule has 1 aromatic carbocycles. The lowest BCUT2D eigenvalue weighted by atomic mass is 9.80. The molecule has 1 heterocycles. The summed E-state index contributed by atoms with van der Waals surface area (Å²) in [5, 5.41) is 9.18. The summed E-state index contributed by atoms with van der Waals surface area (Å²) in [6.07, 6.45) is 3.59. The Morgan fingerprint density at radius 2 is 2.05 bits per heavy atom. The molecule has 1 aliphatic heterocycles. The van der Waals surface area contributed by atoms with Crippen molar-refractivity contribution < 1.29 is 19.4 Å². The molecule has 1 fully saturated rings. The number of hydrogen-bond acceptors (Lipinski definition) is 3. The van der Waals surface area contributed by atoms with Crippen molar-refractivity contribution in [3.63, 3.8) is 0 Å². The molecule has 5 heteroatoms. The molecule has 118 valence electrons. The summed E-state index contributed by atoms with van der Waals surface area (Å²) in [5.41, 5.74) is 2.07. The molecule has 1 aromatic rings. The normalized spacial score (nSPS) is 24.0. The maximum atomic E-state index is 12.8. The van der Waals surface area contributed by atoms with Crippen molar-refractivity contribution in [2.24, 2.45) is 11.8 Å². The summed E-state index contributed by atoms with van der Waals surface area (Å²) in [5.74, 6) is -0.431. The van der Waals surface area contributed by atoms with Gasteiger partial charge >= 0.3 is 5.97 Å². The molecule has 3 rings (SSSR count). The van der Waals surface area contributed by atoms with E-state index in [1.165, 1.54) is 0 Å². The van der Waals surface area contributed by atoms with Gasteiger partial charge in [-0.3, -0.25) is 9.59 Å².